The van der Waals surface area contributed by atoms with Crippen molar-refractivity contribution in [3.63, 3.8) is 0 Å². The van der Waals surface area contributed by atoms with E-state index in [4.69, 9.17) is 5.73 Å². The number of benzene rings is 2. The first-order valence-corrected chi connectivity index (χ1v) is 9.20. The summed E-state index contributed by atoms with van der Waals surface area (Å²) in [7, 11) is 0. The van der Waals surface area contributed by atoms with E-state index in [1.54, 1.807) is 0 Å². The second kappa shape index (κ2) is 8.14. The summed E-state index contributed by atoms with van der Waals surface area (Å²) in [5, 5.41) is 13.4. The Hall–Kier alpha value is -3.68. The van der Waals surface area contributed by atoms with Gasteiger partial charge in [-0.15, -0.1) is 5.10 Å². The zero-order valence-corrected chi connectivity index (χ0v) is 16.9. The van der Waals surface area contributed by atoms with Crippen LogP contribution >= 0.6 is 0 Å². The average Bonchev–Trinajstić information content (AvgIpc) is 3.02. The molecule has 3 rings (SSSR count). The number of nitrogens with two attached hydrogens (primary N) is 1. The van der Waals surface area contributed by atoms with Crippen molar-refractivity contribution >= 4 is 29.0 Å². The lowest BCUT2D eigenvalue weighted by molar-refractivity contribution is -0.116. The monoisotopic (exact) mass is 392 g/mol. The van der Waals surface area contributed by atoms with Crippen molar-refractivity contribution in [2.24, 2.45) is 0 Å². The molecule has 0 spiro atoms. The van der Waals surface area contributed by atoms with E-state index in [0.717, 1.165) is 27.9 Å². The van der Waals surface area contributed by atoms with Crippen molar-refractivity contribution in [2.75, 3.05) is 16.4 Å². The van der Waals surface area contributed by atoms with E-state index in [0.29, 0.717) is 5.69 Å². The van der Waals surface area contributed by atoms with Crippen molar-refractivity contribution in [1.82, 2.24) is 15.0 Å². The van der Waals surface area contributed by atoms with E-state index in [9.17, 15) is 9.59 Å². The first kappa shape index (κ1) is 20.1. The summed E-state index contributed by atoms with van der Waals surface area (Å²) in [6.45, 7) is 7.52. The fraction of sp³-hybridized carbons (Fsp3) is 0.238. The van der Waals surface area contributed by atoms with Crippen LogP contribution in [0.2, 0.25) is 0 Å². The number of hydrogen-bond acceptors (Lipinski definition) is 5. The van der Waals surface area contributed by atoms with E-state index in [-0.39, 0.29) is 24.0 Å². The zero-order chi connectivity index (χ0) is 21.1. The number of hydrogen-bond donors (Lipinski definition) is 3. The molecule has 2 amide bonds. The van der Waals surface area contributed by atoms with Gasteiger partial charge in [0.25, 0.3) is 5.91 Å². The fourth-order valence-corrected chi connectivity index (χ4v) is 2.98. The summed E-state index contributed by atoms with van der Waals surface area (Å²) in [6.07, 6.45) is 0. The molecule has 0 fully saturated rings. The van der Waals surface area contributed by atoms with Gasteiger partial charge in [0.2, 0.25) is 5.91 Å². The van der Waals surface area contributed by atoms with Gasteiger partial charge in [-0.25, -0.2) is 4.68 Å². The maximum absolute atomic E-state index is 12.6. The number of para-hydroxylation sites is 1. The lowest BCUT2D eigenvalue weighted by atomic mass is 10.1. The highest BCUT2D eigenvalue weighted by atomic mass is 16.2. The number of amides is 2. The molecule has 0 unspecified atom stereocenters. The molecule has 0 saturated carbocycles. The Kier molecular flexibility index (Phi) is 5.63. The molecule has 8 heteroatoms. The highest BCUT2D eigenvalue weighted by Gasteiger charge is 2.20. The maximum atomic E-state index is 12.6. The second-order valence-corrected chi connectivity index (χ2v) is 7.07. The molecule has 4 N–H and O–H groups in total. The number of carbonyl (C=O) groups excluding carboxylic acids is 2. The Morgan fingerprint density at radius 2 is 1.69 bits per heavy atom. The first-order valence-electron chi connectivity index (χ1n) is 9.20. The number of nitrogen functional groups attached to an aromatic ring is 1. The molecule has 0 aliphatic heterocycles. The van der Waals surface area contributed by atoms with Crippen LogP contribution in [0.25, 0.3) is 0 Å². The third-order valence-corrected chi connectivity index (χ3v) is 4.67. The summed E-state index contributed by atoms with van der Waals surface area (Å²) >= 11 is 0. The number of anilines is 3. The zero-order valence-electron chi connectivity index (χ0n) is 16.9. The quantitative estimate of drug-likeness (QED) is 0.617. The Morgan fingerprint density at radius 1 is 1.00 bits per heavy atom. The fourth-order valence-electron chi connectivity index (χ4n) is 2.98. The van der Waals surface area contributed by atoms with Crippen molar-refractivity contribution in [2.45, 2.75) is 34.2 Å². The molecule has 0 radical (unpaired) electrons. The summed E-state index contributed by atoms with van der Waals surface area (Å²) in [5.74, 6) is -0.748. The van der Waals surface area contributed by atoms with Gasteiger partial charge in [-0.05, 0) is 56.0 Å². The molecule has 29 heavy (non-hydrogen) atoms. The van der Waals surface area contributed by atoms with Gasteiger partial charge in [0.1, 0.15) is 6.54 Å². The Labute approximate surface area is 169 Å². The predicted molar refractivity (Wildman–Crippen MR) is 113 cm³/mol. The largest absolute Gasteiger partial charge is 0.382 e. The smallest absolute Gasteiger partial charge is 0.280 e. The molecule has 1 aromatic heterocycles. The van der Waals surface area contributed by atoms with Crippen molar-refractivity contribution in [3.8, 4) is 0 Å². The van der Waals surface area contributed by atoms with Gasteiger partial charge >= 0.3 is 0 Å². The lowest BCUT2D eigenvalue weighted by Crippen LogP contribution is -2.22. The van der Waals surface area contributed by atoms with E-state index in [1.807, 2.05) is 64.1 Å². The minimum Gasteiger partial charge on any atom is -0.382 e. The first-order chi connectivity index (χ1) is 13.8. The van der Waals surface area contributed by atoms with E-state index >= 15 is 0 Å². The second-order valence-electron chi connectivity index (χ2n) is 7.07. The minimum atomic E-state index is -0.474. The van der Waals surface area contributed by atoms with Gasteiger partial charge in [0.05, 0.1) is 0 Å². The predicted octanol–water partition coefficient (Wildman–Crippen LogP) is 2.98. The number of aryl methyl sites for hydroxylation is 4. The molecule has 0 aliphatic carbocycles. The highest BCUT2D eigenvalue weighted by molar-refractivity contribution is 6.06. The van der Waals surface area contributed by atoms with Gasteiger partial charge in [-0.1, -0.05) is 35.5 Å². The third-order valence-electron chi connectivity index (χ3n) is 4.67. The van der Waals surface area contributed by atoms with Gasteiger partial charge in [0.15, 0.2) is 11.5 Å². The summed E-state index contributed by atoms with van der Waals surface area (Å²) in [6, 6.07) is 11.5. The summed E-state index contributed by atoms with van der Waals surface area (Å²) in [4.78, 5) is 25.0. The number of aromatic nitrogens is 3. The van der Waals surface area contributed by atoms with Crippen LogP contribution in [-0.2, 0) is 11.3 Å². The van der Waals surface area contributed by atoms with Crippen LogP contribution in [0, 0.1) is 27.7 Å². The maximum Gasteiger partial charge on any atom is 0.280 e. The van der Waals surface area contributed by atoms with Gasteiger partial charge in [-0.3, -0.25) is 9.59 Å². The summed E-state index contributed by atoms with van der Waals surface area (Å²) < 4.78 is 1.21. The standard InChI is InChI=1S/C21H24N6O2/c1-12-8-9-13(2)16(10-12)23-21(29)19-20(22)27(26-25-19)11-17(28)24-18-14(3)6-5-7-15(18)4/h5-10H,11,22H2,1-4H3,(H,23,29)(H,24,28). The van der Waals surface area contributed by atoms with Crippen LogP contribution in [0.15, 0.2) is 36.4 Å². The minimum absolute atomic E-state index is 0.0224. The molecule has 0 saturated heterocycles. The molecule has 2 aromatic carbocycles. The SMILES string of the molecule is Cc1ccc(C)c(NC(=O)c2nnn(CC(=O)Nc3c(C)cccc3C)c2N)c1. The van der Waals surface area contributed by atoms with Crippen molar-refractivity contribution in [3.05, 3.63) is 64.3 Å². The number of nitrogens with zero attached hydrogens (tertiary/aromatic N) is 3. The Balaban J connectivity index is 1.72. The van der Waals surface area contributed by atoms with Crippen LogP contribution in [0.1, 0.15) is 32.7 Å². The molecular weight excluding hydrogens is 368 g/mol. The molecular formula is C21H24N6O2. The van der Waals surface area contributed by atoms with Gasteiger partial charge in [0, 0.05) is 11.4 Å². The molecule has 8 nitrogen and oxygen atoms in total. The van der Waals surface area contributed by atoms with Crippen LogP contribution in [0.3, 0.4) is 0 Å². The van der Waals surface area contributed by atoms with E-state index in [1.165, 1.54) is 4.68 Å². The molecule has 0 aliphatic rings. The van der Waals surface area contributed by atoms with Crippen molar-refractivity contribution < 1.29 is 9.59 Å². The normalized spacial score (nSPS) is 10.6. The number of nitrogens with one attached hydrogen (secondary N) is 2. The number of rotatable bonds is 5. The third kappa shape index (κ3) is 4.43. The molecule has 1 heterocycles. The topological polar surface area (TPSA) is 115 Å². The van der Waals surface area contributed by atoms with E-state index in [2.05, 4.69) is 20.9 Å². The van der Waals surface area contributed by atoms with Crippen LogP contribution in [0.5, 0.6) is 0 Å². The van der Waals surface area contributed by atoms with Gasteiger partial charge < -0.3 is 16.4 Å². The Bertz CT molecular complexity index is 1070. The highest BCUT2D eigenvalue weighted by Crippen LogP contribution is 2.20. The lowest BCUT2D eigenvalue weighted by Gasteiger charge is -2.11. The summed E-state index contributed by atoms with van der Waals surface area (Å²) in [5.41, 5.74) is 11.3. The van der Waals surface area contributed by atoms with Crippen LogP contribution < -0.4 is 16.4 Å². The van der Waals surface area contributed by atoms with Crippen molar-refractivity contribution in [1.29, 1.82) is 0 Å². The molecule has 0 bridgehead atoms. The average molecular weight is 392 g/mol. The van der Waals surface area contributed by atoms with Crippen LogP contribution in [0.4, 0.5) is 17.2 Å². The van der Waals surface area contributed by atoms with E-state index < -0.39 is 5.91 Å². The molecule has 3 aromatic rings. The number of carbonyl (C=O) groups is 2. The Morgan fingerprint density at radius 3 is 2.38 bits per heavy atom. The van der Waals surface area contributed by atoms with Gasteiger partial charge in [-0.2, -0.15) is 0 Å². The molecule has 150 valence electrons. The van der Waals surface area contributed by atoms with Crippen LogP contribution in [-0.4, -0.2) is 26.8 Å². The molecule has 0 atom stereocenters.